The summed E-state index contributed by atoms with van der Waals surface area (Å²) in [5.74, 6) is 0. The second kappa shape index (κ2) is 6.61. The molecule has 0 aromatic heterocycles. The van der Waals surface area contributed by atoms with E-state index in [4.69, 9.17) is 4.74 Å². The van der Waals surface area contributed by atoms with E-state index in [-0.39, 0.29) is 10.9 Å². The highest BCUT2D eigenvalue weighted by Gasteiger charge is 2.24. The number of hydrogen-bond donors (Lipinski definition) is 0. The van der Waals surface area contributed by atoms with Gasteiger partial charge in [-0.2, -0.15) is 0 Å². The Morgan fingerprint density at radius 3 is 2.32 bits per heavy atom. The predicted molar refractivity (Wildman–Crippen MR) is 77.6 cm³/mol. The quantitative estimate of drug-likeness (QED) is 0.827. The van der Waals surface area contributed by atoms with Crippen molar-refractivity contribution in [3.05, 3.63) is 29.8 Å². The summed E-state index contributed by atoms with van der Waals surface area (Å²) in [6, 6.07) is 8.03. The average molecular weight is 285 g/mol. The molecule has 19 heavy (non-hydrogen) atoms. The number of hydrogen-bond acceptors (Lipinski definition) is 2. The molecule has 1 saturated heterocycles. The summed E-state index contributed by atoms with van der Waals surface area (Å²) < 4.78 is 19.9. The molecule has 0 saturated carbocycles. The molecular weight excluding hydrogens is 262 g/mol. The molecule has 2 rings (SSSR count). The molecule has 1 fully saturated rings. The molecule has 0 amide bonds. The van der Waals surface area contributed by atoms with E-state index < -0.39 is 11.0 Å². The van der Waals surface area contributed by atoms with Gasteiger partial charge in [0, 0.05) is 13.1 Å². The van der Waals surface area contributed by atoms with Crippen LogP contribution in [0.25, 0.3) is 0 Å². The normalized spacial score (nSPS) is 18.7. The van der Waals surface area contributed by atoms with Gasteiger partial charge in [0.1, 0.15) is 11.0 Å². The van der Waals surface area contributed by atoms with Gasteiger partial charge in [-0.1, -0.05) is 39.0 Å². The summed E-state index contributed by atoms with van der Waals surface area (Å²) in [6.45, 7) is 9.29. The van der Waals surface area contributed by atoms with Crippen LogP contribution in [0.3, 0.4) is 0 Å². The number of benzene rings is 1. The molecule has 1 aliphatic rings. The van der Waals surface area contributed by atoms with Crippen molar-refractivity contribution >= 4 is 11.0 Å². The van der Waals surface area contributed by atoms with Crippen LogP contribution < -0.4 is 0 Å². The van der Waals surface area contributed by atoms with Crippen LogP contribution >= 0.6 is 0 Å². The Bertz CT molecular complexity index is 437. The van der Waals surface area contributed by atoms with E-state index in [0.717, 1.165) is 23.5 Å². The first-order valence-corrected chi connectivity index (χ1v) is 7.45. The molecule has 1 unspecified atom stereocenters. The maximum absolute atomic E-state index is 12.6. The maximum atomic E-state index is 12.6. The lowest BCUT2D eigenvalue weighted by Crippen LogP contribution is -2.38. The lowest BCUT2D eigenvalue weighted by Gasteiger charge is -2.28. The van der Waals surface area contributed by atoms with E-state index in [2.05, 4.69) is 26.8 Å². The molecule has 1 aromatic carbocycles. The molecule has 108 valence electrons. The minimum atomic E-state index is -1.07. The van der Waals surface area contributed by atoms with Crippen LogP contribution in [0.15, 0.2) is 29.2 Å². The fourth-order valence-electron chi connectivity index (χ4n) is 2.09. The Labute approximate surface area is 117 Å². The van der Waals surface area contributed by atoms with Crippen LogP contribution in [0.5, 0.6) is 0 Å². The van der Waals surface area contributed by atoms with E-state index in [1.807, 2.05) is 22.5 Å². The number of rotatable bonds is 2. The van der Waals surface area contributed by atoms with E-state index in [0.29, 0.717) is 13.2 Å². The molecule has 0 bridgehead atoms. The minimum Gasteiger partial charge on any atom is -0.412 e. The molecule has 1 atom stereocenters. The van der Waals surface area contributed by atoms with Gasteiger partial charge in [0.05, 0.1) is 18.1 Å². The Balaban J connectivity index is 0.00000180. The van der Waals surface area contributed by atoms with Crippen molar-refractivity contribution in [2.45, 2.75) is 31.1 Å². The molecule has 0 aliphatic carbocycles. The van der Waals surface area contributed by atoms with Gasteiger partial charge in [-0.05, 0) is 17.0 Å². The Morgan fingerprint density at radius 1 is 1.16 bits per heavy atom. The van der Waals surface area contributed by atoms with Crippen LogP contribution in [0.4, 0.5) is 0 Å². The van der Waals surface area contributed by atoms with Gasteiger partial charge in [0.2, 0.25) is 0 Å². The molecule has 0 spiro atoms. The van der Waals surface area contributed by atoms with Crippen molar-refractivity contribution in [2.75, 3.05) is 26.3 Å². The highest BCUT2D eigenvalue weighted by Crippen LogP contribution is 2.28. The third-order valence-corrected chi connectivity index (χ3v) is 4.65. The summed E-state index contributed by atoms with van der Waals surface area (Å²) in [4.78, 5) is 0.937. The highest BCUT2D eigenvalue weighted by atomic mass is 32.2. The third-order valence-electron chi connectivity index (χ3n) is 3.09. The fraction of sp³-hybridized carbons (Fsp3) is 0.571. The molecule has 1 heterocycles. The van der Waals surface area contributed by atoms with Crippen LogP contribution in [-0.2, 0) is 21.1 Å². The van der Waals surface area contributed by atoms with Gasteiger partial charge in [0.15, 0.2) is 0 Å². The van der Waals surface area contributed by atoms with Crippen molar-refractivity contribution < 1.29 is 14.4 Å². The first kappa shape index (κ1) is 16.3. The summed E-state index contributed by atoms with van der Waals surface area (Å²) in [5, 5.41) is 0. The van der Waals surface area contributed by atoms with Crippen LogP contribution in [0.2, 0.25) is 0 Å². The number of morpholine rings is 1. The van der Waals surface area contributed by atoms with E-state index >= 15 is 0 Å². The van der Waals surface area contributed by atoms with Gasteiger partial charge >= 0.3 is 0 Å². The summed E-state index contributed by atoms with van der Waals surface area (Å²) in [7, 11) is -1.07. The lowest BCUT2D eigenvalue weighted by molar-refractivity contribution is 0.0751. The van der Waals surface area contributed by atoms with Crippen molar-refractivity contribution in [2.24, 2.45) is 0 Å². The van der Waals surface area contributed by atoms with Gasteiger partial charge in [-0.3, -0.25) is 0 Å². The minimum absolute atomic E-state index is 0. The summed E-state index contributed by atoms with van der Waals surface area (Å²) >= 11 is 0. The van der Waals surface area contributed by atoms with Gasteiger partial charge in [-0.15, -0.1) is 0 Å². The van der Waals surface area contributed by atoms with E-state index in [1.54, 1.807) is 0 Å². The van der Waals surface area contributed by atoms with E-state index in [9.17, 15) is 4.21 Å². The topological polar surface area (TPSA) is 61.0 Å². The molecule has 5 heteroatoms. The van der Waals surface area contributed by atoms with Gasteiger partial charge < -0.3 is 10.2 Å². The second-order valence-corrected chi connectivity index (χ2v) is 6.99. The van der Waals surface area contributed by atoms with Gasteiger partial charge in [-0.25, -0.2) is 8.51 Å². The van der Waals surface area contributed by atoms with Crippen LogP contribution in [0.1, 0.15) is 26.3 Å². The van der Waals surface area contributed by atoms with Crippen molar-refractivity contribution in [1.29, 1.82) is 0 Å². The van der Waals surface area contributed by atoms with E-state index in [1.165, 1.54) is 0 Å². The molecule has 4 nitrogen and oxygen atoms in total. The Hall–Kier alpha value is -0.750. The standard InChI is InChI=1S/C14H21NO2S.H2O/c1-14(2,3)12-6-4-5-7-13(12)18(16)15-8-10-17-11-9-15;/h4-7H,8-11H2,1-3H3;1H2. The average Bonchev–Trinajstić information content (AvgIpc) is 2.38. The zero-order chi connectivity index (χ0) is 13.2. The number of ether oxygens (including phenoxy) is 1. The second-order valence-electron chi connectivity index (χ2n) is 5.54. The first-order valence-electron chi connectivity index (χ1n) is 6.34. The number of nitrogens with zero attached hydrogens (tertiary/aromatic N) is 1. The summed E-state index contributed by atoms with van der Waals surface area (Å²) in [5.41, 5.74) is 1.17. The monoisotopic (exact) mass is 285 g/mol. The molecule has 0 radical (unpaired) electrons. The summed E-state index contributed by atoms with van der Waals surface area (Å²) in [6.07, 6.45) is 0. The lowest BCUT2D eigenvalue weighted by atomic mass is 9.87. The van der Waals surface area contributed by atoms with Crippen LogP contribution in [-0.4, -0.2) is 40.3 Å². The maximum Gasteiger partial charge on any atom is 0.128 e. The molecular formula is C14H23NO3S. The van der Waals surface area contributed by atoms with Crippen molar-refractivity contribution in [3.8, 4) is 0 Å². The Morgan fingerprint density at radius 2 is 1.74 bits per heavy atom. The highest BCUT2D eigenvalue weighted by molar-refractivity contribution is 7.82. The zero-order valence-corrected chi connectivity index (χ0v) is 12.6. The van der Waals surface area contributed by atoms with Crippen LogP contribution in [0, 0.1) is 0 Å². The van der Waals surface area contributed by atoms with Crippen molar-refractivity contribution in [1.82, 2.24) is 4.31 Å². The third kappa shape index (κ3) is 3.86. The SMILES string of the molecule is CC(C)(C)c1ccccc1S(=O)N1CCOCC1.O. The fourth-order valence-corrected chi connectivity index (χ4v) is 3.61. The molecule has 1 aliphatic heterocycles. The molecule has 1 aromatic rings. The predicted octanol–water partition coefficient (Wildman–Crippen LogP) is 1.51. The van der Waals surface area contributed by atoms with Gasteiger partial charge in [0.25, 0.3) is 0 Å². The smallest absolute Gasteiger partial charge is 0.128 e. The van der Waals surface area contributed by atoms with Crippen molar-refractivity contribution in [3.63, 3.8) is 0 Å². The largest absolute Gasteiger partial charge is 0.412 e. The molecule has 2 N–H and O–H groups in total. The first-order chi connectivity index (χ1) is 8.50. The zero-order valence-electron chi connectivity index (χ0n) is 11.8. The Kier molecular flexibility index (Phi) is 5.67.